The number of hydrogen-bond donors (Lipinski definition) is 1. The Balaban J connectivity index is 1.76. The van der Waals surface area contributed by atoms with Crippen LogP contribution in [0, 0.1) is 6.92 Å². The normalized spacial score (nSPS) is 10.8. The van der Waals surface area contributed by atoms with Gasteiger partial charge in [0.25, 0.3) is 0 Å². The van der Waals surface area contributed by atoms with Crippen molar-refractivity contribution < 1.29 is 9.47 Å². The molecule has 6 heteroatoms. The number of rotatable bonds is 5. The maximum atomic E-state index is 5.87. The van der Waals surface area contributed by atoms with Crippen molar-refractivity contribution in [3.8, 4) is 11.5 Å². The topological polar surface area (TPSA) is 74.7 Å². The van der Waals surface area contributed by atoms with Gasteiger partial charge in [0.05, 0.1) is 6.61 Å². The molecule has 2 heterocycles. The van der Waals surface area contributed by atoms with E-state index in [4.69, 9.17) is 15.2 Å². The van der Waals surface area contributed by atoms with Crippen molar-refractivity contribution >= 4 is 11.3 Å². The second-order valence-electron chi connectivity index (χ2n) is 4.96. The lowest BCUT2D eigenvalue weighted by molar-refractivity contribution is 0.293. The Morgan fingerprint density at radius 3 is 2.45 bits per heavy atom. The van der Waals surface area contributed by atoms with Gasteiger partial charge in [-0.25, -0.2) is 0 Å². The highest BCUT2D eigenvalue weighted by Gasteiger charge is 2.09. The van der Waals surface area contributed by atoms with E-state index in [1.165, 1.54) is 0 Å². The molecule has 114 valence electrons. The first kappa shape index (κ1) is 14.2. The van der Waals surface area contributed by atoms with Crippen molar-refractivity contribution in [3.63, 3.8) is 0 Å². The second-order valence-corrected chi connectivity index (χ2v) is 4.96. The first-order valence-corrected chi connectivity index (χ1v) is 7.12. The van der Waals surface area contributed by atoms with E-state index in [1.54, 1.807) is 6.20 Å². The summed E-state index contributed by atoms with van der Waals surface area (Å²) in [5.41, 5.74) is 8.32. The van der Waals surface area contributed by atoms with Gasteiger partial charge in [0, 0.05) is 11.9 Å². The molecule has 0 atom stereocenters. The Kier molecular flexibility index (Phi) is 3.82. The number of ether oxygens (including phenoxy) is 2. The summed E-state index contributed by atoms with van der Waals surface area (Å²) in [6.07, 6.45) is 1.80. The molecule has 0 saturated carbocycles. The number of aryl methyl sites for hydroxylation is 1. The molecule has 0 aliphatic rings. The highest BCUT2D eigenvalue weighted by Crippen LogP contribution is 2.19. The first-order chi connectivity index (χ1) is 10.7. The van der Waals surface area contributed by atoms with Crippen LogP contribution in [0.5, 0.6) is 11.5 Å². The fraction of sp³-hybridized carbons (Fsp3) is 0.250. The molecule has 0 saturated heterocycles. The molecule has 0 bridgehead atoms. The minimum absolute atomic E-state index is 0.318. The Bertz CT molecular complexity index is 781. The van der Waals surface area contributed by atoms with Crippen molar-refractivity contribution in [1.82, 2.24) is 14.6 Å². The average molecular weight is 298 g/mol. The van der Waals surface area contributed by atoms with Gasteiger partial charge in [-0.3, -0.25) is 4.40 Å². The van der Waals surface area contributed by atoms with E-state index >= 15 is 0 Å². The molecule has 0 amide bonds. The van der Waals surface area contributed by atoms with Crippen molar-refractivity contribution in [1.29, 1.82) is 0 Å². The number of nitrogens with two attached hydrogens (primary N) is 1. The summed E-state index contributed by atoms with van der Waals surface area (Å²) in [6, 6.07) is 9.37. The average Bonchev–Trinajstić information content (AvgIpc) is 2.90. The number of fused-ring (bicyclic) bond motifs is 1. The molecule has 1 aromatic carbocycles. The summed E-state index contributed by atoms with van der Waals surface area (Å²) in [6.45, 7) is 4.87. The fourth-order valence-electron chi connectivity index (χ4n) is 2.27. The molecule has 0 spiro atoms. The number of benzene rings is 1. The van der Waals surface area contributed by atoms with Gasteiger partial charge in [0.2, 0.25) is 0 Å². The molecule has 22 heavy (non-hydrogen) atoms. The van der Waals surface area contributed by atoms with Crippen LogP contribution in [-0.2, 0) is 6.61 Å². The third kappa shape index (κ3) is 2.81. The summed E-state index contributed by atoms with van der Waals surface area (Å²) < 4.78 is 13.0. The Morgan fingerprint density at radius 2 is 1.77 bits per heavy atom. The number of nitrogens with zero attached hydrogens (tertiary/aromatic N) is 3. The van der Waals surface area contributed by atoms with Crippen LogP contribution in [0.2, 0.25) is 0 Å². The van der Waals surface area contributed by atoms with Crippen LogP contribution in [0.15, 0.2) is 36.5 Å². The number of pyridine rings is 1. The molecular formula is C16H18N4O2. The molecule has 6 nitrogen and oxygen atoms in total. The zero-order valence-electron chi connectivity index (χ0n) is 12.6. The standard InChI is InChI=1S/C16H18N4O2/c1-3-21-13-4-6-14(7-5-13)22-10-15-18-19-16-11(2)8-12(17)9-20(15)16/h4-9H,3,10,17H2,1-2H3. The van der Waals surface area contributed by atoms with Gasteiger partial charge in [-0.1, -0.05) is 0 Å². The number of aromatic nitrogens is 3. The summed E-state index contributed by atoms with van der Waals surface area (Å²) in [4.78, 5) is 0. The minimum atomic E-state index is 0.318. The van der Waals surface area contributed by atoms with E-state index in [0.717, 1.165) is 22.7 Å². The lowest BCUT2D eigenvalue weighted by Crippen LogP contribution is -2.03. The summed E-state index contributed by atoms with van der Waals surface area (Å²) in [5, 5.41) is 8.33. The van der Waals surface area contributed by atoms with Crippen LogP contribution in [0.3, 0.4) is 0 Å². The lowest BCUT2D eigenvalue weighted by atomic mass is 10.3. The number of anilines is 1. The predicted octanol–water partition coefficient (Wildman–Crippen LogP) is 2.60. The van der Waals surface area contributed by atoms with Gasteiger partial charge < -0.3 is 15.2 Å². The number of hydrogen-bond acceptors (Lipinski definition) is 5. The Hall–Kier alpha value is -2.76. The summed E-state index contributed by atoms with van der Waals surface area (Å²) >= 11 is 0. The van der Waals surface area contributed by atoms with E-state index in [-0.39, 0.29) is 0 Å². The van der Waals surface area contributed by atoms with Crippen LogP contribution in [0.25, 0.3) is 5.65 Å². The van der Waals surface area contributed by atoms with Crippen LogP contribution in [-0.4, -0.2) is 21.2 Å². The van der Waals surface area contributed by atoms with E-state index in [1.807, 2.05) is 48.6 Å². The smallest absolute Gasteiger partial charge is 0.175 e. The van der Waals surface area contributed by atoms with Crippen molar-refractivity contribution in [2.45, 2.75) is 20.5 Å². The maximum Gasteiger partial charge on any atom is 0.175 e. The summed E-state index contributed by atoms with van der Waals surface area (Å²) in [5.74, 6) is 2.28. The van der Waals surface area contributed by atoms with Crippen molar-refractivity contribution in [2.24, 2.45) is 0 Å². The van der Waals surface area contributed by atoms with E-state index in [9.17, 15) is 0 Å². The SMILES string of the molecule is CCOc1ccc(OCc2nnc3c(C)cc(N)cn23)cc1. The molecule has 0 aliphatic carbocycles. The molecule has 3 aromatic rings. The van der Waals surface area contributed by atoms with Gasteiger partial charge in [0.15, 0.2) is 11.5 Å². The van der Waals surface area contributed by atoms with Crippen LogP contribution in [0.4, 0.5) is 5.69 Å². The molecule has 3 rings (SSSR count). The quantitative estimate of drug-likeness (QED) is 0.783. The Labute approximate surface area is 128 Å². The van der Waals surface area contributed by atoms with Gasteiger partial charge in [-0.15, -0.1) is 10.2 Å². The zero-order valence-corrected chi connectivity index (χ0v) is 12.6. The third-order valence-corrected chi connectivity index (χ3v) is 3.28. The van der Waals surface area contributed by atoms with Gasteiger partial charge in [-0.05, 0) is 49.7 Å². The van der Waals surface area contributed by atoms with E-state index < -0.39 is 0 Å². The Morgan fingerprint density at radius 1 is 1.09 bits per heavy atom. The second kappa shape index (κ2) is 5.93. The van der Waals surface area contributed by atoms with Gasteiger partial charge >= 0.3 is 0 Å². The molecule has 2 N–H and O–H groups in total. The predicted molar refractivity (Wildman–Crippen MR) is 84.1 cm³/mol. The number of nitrogen functional groups attached to an aromatic ring is 1. The summed E-state index contributed by atoms with van der Waals surface area (Å²) in [7, 11) is 0. The maximum absolute atomic E-state index is 5.87. The fourth-order valence-corrected chi connectivity index (χ4v) is 2.27. The van der Waals surface area contributed by atoms with Crippen LogP contribution < -0.4 is 15.2 Å². The highest BCUT2D eigenvalue weighted by atomic mass is 16.5. The molecule has 0 aliphatic heterocycles. The van der Waals surface area contributed by atoms with Gasteiger partial charge in [-0.2, -0.15) is 0 Å². The monoisotopic (exact) mass is 298 g/mol. The van der Waals surface area contributed by atoms with E-state index in [2.05, 4.69) is 10.2 Å². The van der Waals surface area contributed by atoms with Crippen molar-refractivity contribution in [2.75, 3.05) is 12.3 Å². The van der Waals surface area contributed by atoms with Crippen LogP contribution in [0.1, 0.15) is 18.3 Å². The lowest BCUT2D eigenvalue weighted by Gasteiger charge is -2.07. The van der Waals surface area contributed by atoms with Crippen LogP contribution >= 0.6 is 0 Å². The molecule has 0 unspecified atom stereocenters. The minimum Gasteiger partial charge on any atom is -0.494 e. The largest absolute Gasteiger partial charge is 0.494 e. The highest BCUT2D eigenvalue weighted by molar-refractivity contribution is 5.54. The molecule has 0 radical (unpaired) electrons. The molecule has 2 aromatic heterocycles. The zero-order chi connectivity index (χ0) is 15.5. The molecule has 0 fully saturated rings. The van der Waals surface area contributed by atoms with E-state index in [0.29, 0.717) is 24.7 Å². The van der Waals surface area contributed by atoms with Gasteiger partial charge in [0.1, 0.15) is 18.1 Å². The van der Waals surface area contributed by atoms with Crippen molar-refractivity contribution in [3.05, 3.63) is 47.9 Å². The third-order valence-electron chi connectivity index (χ3n) is 3.28. The first-order valence-electron chi connectivity index (χ1n) is 7.12. The molecular weight excluding hydrogens is 280 g/mol.